The summed E-state index contributed by atoms with van der Waals surface area (Å²) in [6.45, 7) is -1.66. The van der Waals surface area contributed by atoms with Crippen LogP contribution in [0.1, 0.15) is 5.69 Å². The number of ether oxygens (including phenoxy) is 1. The summed E-state index contributed by atoms with van der Waals surface area (Å²) < 4.78 is 43.1. The maximum Gasteiger partial charge on any atom is 0.422 e. The molecule has 0 saturated carbocycles. The quantitative estimate of drug-likeness (QED) is 0.844. The van der Waals surface area contributed by atoms with Gasteiger partial charge in [-0.05, 0) is 0 Å². The number of alkyl halides is 3. The van der Waals surface area contributed by atoms with Gasteiger partial charge in [-0.15, -0.1) is 0 Å². The van der Waals surface area contributed by atoms with E-state index in [4.69, 9.17) is 0 Å². The molecule has 1 heterocycles. The number of alkyl carbamates (subject to hydrolysis) is 1. The van der Waals surface area contributed by atoms with E-state index in [0.29, 0.717) is 5.69 Å². The molecule has 1 aromatic heterocycles. The fourth-order valence-electron chi connectivity index (χ4n) is 0.690. The molecule has 0 spiro atoms. The summed E-state index contributed by atoms with van der Waals surface area (Å²) in [4.78, 5) is 10.7. The summed E-state index contributed by atoms with van der Waals surface area (Å²) in [6, 6.07) is 1.46. The monoisotopic (exact) mass is 224 g/mol. The van der Waals surface area contributed by atoms with Crippen molar-refractivity contribution in [2.24, 2.45) is 0 Å². The molecular formula is C7H7F3N2O3. The van der Waals surface area contributed by atoms with Crippen molar-refractivity contribution in [1.82, 2.24) is 10.5 Å². The predicted octanol–water partition coefficient (Wildman–Crippen LogP) is 1.46. The number of halogens is 3. The van der Waals surface area contributed by atoms with E-state index in [-0.39, 0.29) is 6.54 Å². The average Bonchev–Trinajstić information content (AvgIpc) is 2.62. The fraction of sp³-hybridized carbons (Fsp3) is 0.429. The molecule has 0 aliphatic heterocycles. The van der Waals surface area contributed by atoms with Crippen LogP contribution in [0.3, 0.4) is 0 Å². The maximum atomic E-state index is 11.6. The second-order valence-electron chi connectivity index (χ2n) is 2.54. The molecule has 0 radical (unpaired) electrons. The zero-order valence-electron chi connectivity index (χ0n) is 7.37. The lowest BCUT2D eigenvalue weighted by Crippen LogP contribution is -2.28. The van der Waals surface area contributed by atoms with Crippen molar-refractivity contribution < 1.29 is 27.2 Å². The molecule has 1 rings (SSSR count). The molecule has 15 heavy (non-hydrogen) atoms. The van der Waals surface area contributed by atoms with Crippen LogP contribution in [0.2, 0.25) is 0 Å². The lowest BCUT2D eigenvalue weighted by molar-refractivity contribution is -0.160. The summed E-state index contributed by atoms with van der Waals surface area (Å²) >= 11 is 0. The van der Waals surface area contributed by atoms with Gasteiger partial charge in [0.1, 0.15) is 12.0 Å². The van der Waals surface area contributed by atoms with Crippen molar-refractivity contribution >= 4 is 6.09 Å². The van der Waals surface area contributed by atoms with Crippen molar-refractivity contribution in [3.05, 3.63) is 18.0 Å². The number of aromatic nitrogens is 1. The van der Waals surface area contributed by atoms with Gasteiger partial charge in [-0.25, -0.2) is 4.79 Å². The number of carbonyl (C=O) groups excluding carboxylic acids is 1. The number of nitrogens with zero attached hydrogens (tertiary/aromatic N) is 1. The van der Waals surface area contributed by atoms with Gasteiger partial charge in [0.15, 0.2) is 6.61 Å². The van der Waals surface area contributed by atoms with Gasteiger partial charge >= 0.3 is 12.3 Å². The molecule has 0 atom stereocenters. The van der Waals surface area contributed by atoms with Gasteiger partial charge < -0.3 is 14.6 Å². The molecule has 84 valence electrons. The minimum absolute atomic E-state index is 0.0484. The first-order valence-corrected chi connectivity index (χ1v) is 3.84. The maximum absolute atomic E-state index is 11.6. The van der Waals surface area contributed by atoms with Crippen LogP contribution in [0.25, 0.3) is 0 Å². The molecule has 0 unspecified atom stereocenters. The van der Waals surface area contributed by atoms with E-state index in [0.717, 1.165) is 0 Å². The van der Waals surface area contributed by atoms with Gasteiger partial charge in [-0.2, -0.15) is 13.2 Å². The highest BCUT2D eigenvalue weighted by Crippen LogP contribution is 2.14. The van der Waals surface area contributed by atoms with Gasteiger partial charge in [0.05, 0.1) is 6.54 Å². The van der Waals surface area contributed by atoms with E-state index < -0.39 is 18.9 Å². The Hall–Kier alpha value is -1.73. The fourth-order valence-corrected chi connectivity index (χ4v) is 0.690. The molecule has 0 saturated heterocycles. The van der Waals surface area contributed by atoms with E-state index in [1.807, 2.05) is 0 Å². The van der Waals surface area contributed by atoms with Crippen molar-refractivity contribution in [1.29, 1.82) is 0 Å². The van der Waals surface area contributed by atoms with Gasteiger partial charge in [-0.3, -0.25) is 0 Å². The number of rotatable bonds is 3. The molecule has 0 aromatic carbocycles. The summed E-state index contributed by atoms with van der Waals surface area (Å²) in [7, 11) is 0. The molecule has 1 N–H and O–H groups in total. The average molecular weight is 224 g/mol. The normalized spacial score (nSPS) is 11.1. The van der Waals surface area contributed by atoms with Crippen molar-refractivity contribution in [2.45, 2.75) is 12.7 Å². The SMILES string of the molecule is O=C(NCc1ccon1)OCC(F)(F)F. The first-order valence-electron chi connectivity index (χ1n) is 3.84. The lowest BCUT2D eigenvalue weighted by Gasteiger charge is -2.07. The first kappa shape index (κ1) is 11.3. The Morgan fingerprint density at radius 1 is 1.60 bits per heavy atom. The Kier molecular flexibility index (Phi) is 3.53. The molecule has 0 bridgehead atoms. The minimum Gasteiger partial charge on any atom is -0.440 e. The lowest BCUT2D eigenvalue weighted by atomic mass is 10.4. The Balaban J connectivity index is 2.20. The predicted molar refractivity (Wildman–Crippen MR) is 40.7 cm³/mol. The van der Waals surface area contributed by atoms with E-state index >= 15 is 0 Å². The van der Waals surface area contributed by atoms with Crippen molar-refractivity contribution in [3.8, 4) is 0 Å². The van der Waals surface area contributed by atoms with Crippen LogP contribution < -0.4 is 5.32 Å². The van der Waals surface area contributed by atoms with Crippen LogP contribution in [0, 0.1) is 0 Å². The molecule has 1 aromatic rings. The van der Waals surface area contributed by atoms with Crippen molar-refractivity contribution in [2.75, 3.05) is 6.61 Å². The van der Waals surface area contributed by atoms with Crippen LogP contribution in [-0.2, 0) is 11.3 Å². The zero-order valence-corrected chi connectivity index (χ0v) is 7.37. The largest absolute Gasteiger partial charge is 0.440 e. The number of hydrogen-bond acceptors (Lipinski definition) is 4. The molecule has 5 nitrogen and oxygen atoms in total. The molecule has 1 amide bonds. The van der Waals surface area contributed by atoms with E-state index in [1.54, 1.807) is 0 Å². The Morgan fingerprint density at radius 3 is 2.87 bits per heavy atom. The summed E-state index contributed by atoms with van der Waals surface area (Å²) in [6.07, 6.45) is -4.40. The van der Waals surface area contributed by atoms with Gasteiger partial charge in [-0.1, -0.05) is 5.16 Å². The van der Waals surface area contributed by atoms with Crippen LogP contribution >= 0.6 is 0 Å². The van der Waals surface area contributed by atoms with E-state index in [1.165, 1.54) is 12.3 Å². The van der Waals surface area contributed by atoms with E-state index in [9.17, 15) is 18.0 Å². The summed E-state index contributed by atoms with van der Waals surface area (Å²) in [5, 5.41) is 5.50. The highest BCUT2D eigenvalue weighted by molar-refractivity contribution is 5.67. The van der Waals surface area contributed by atoms with Crippen molar-refractivity contribution in [3.63, 3.8) is 0 Å². The second kappa shape index (κ2) is 4.67. The first-order chi connectivity index (χ1) is 6.97. The van der Waals surface area contributed by atoms with Crippen LogP contribution in [-0.4, -0.2) is 24.0 Å². The second-order valence-corrected chi connectivity index (χ2v) is 2.54. The van der Waals surface area contributed by atoms with Gasteiger partial charge in [0.2, 0.25) is 0 Å². The zero-order chi connectivity index (χ0) is 11.3. The molecule has 0 aliphatic rings. The third-order valence-electron chi connectivity index (χ3n) is 1.27. The standard InChI is InChI=1S/C7H7F3N2O3/c8-7(9,10)4-14-6(13)11-3-5-1-2-15-12-5/h1-2H,3-4H2,(H,11,13). The topological polar surface area (TPSA) is 64.4 Å². The van der Waals surface area contributed by atoms with Crippen LogP contribution in [0.15, 0.2) is 16.9 Å². The van der Waals surface area contributed by atoms with Gasteiger partial charge in [0, 0.05) is 6.07 Å². The smallest absolute Gasteiger partial charge is 0.422 e. The molecular weight excluding hydrogens is 217 g/mol. The minimum atomic E-state index is -4.52. The summed E-state index contributed by atoms with van der Waals surface area (Å²) in [5.74, 6) is 0. The number of nitrogens with one attached hydrogen (secondary N) is 1. The molecule has 0 aliphatic carbocycles. The van der Waals surface area contributed by atoms with Crippen LogP contribution in [0.4, 0.5) is 18.0 Å². The van der Waals surface area contributed by atoms with Crippen LogP contribution in [0.5, 0.6) is 0 Å². The number of carbonyl (C=O) groups is 1. The number of amides is 1. The summed E-state index contributed by atoms with van der Waals surface area (Å²) in [5.41, 5.74) is 0.388. The Labute approximate surface area is 82.2 Å². The highest BCUT2D eigenvalue weighted by Gasteiger charge is 2.29. The van der Waals surface area contributed by atoms with Gasteiger partial charge in [0.25, 0.3) is 0 Å². The highest BCUT2D eigenvalue weighted by atomic mass is 19.4. The number of hydrogen-bond donors (Lipinski definition) is 1. The molecule has 8 heteroatoms. The Morgan fingerprint density at radius 2 is 2.33 bits per heavy atom. The molecule has 0 fully saturated rings. The van der Waals surface area contributed by atoms with E-state index in [2.05, 4.69) is 19.7 Å². The third kappa shape index (κ3) is 4.89. The third-order valence-corrected chi connectivity index (χ3v) is 1.27. The Bertz CT molecular complexity index is 310.